The summed E-state index contributed by atoms with van der Waals surface area (Å²) in [6.07, 6.45) is 0. The van der Waals surface area contributed by atoms with Crippen molar-refractivity contribution in [1.29, 1.82) is 0 Å². The number of nitro benzene ring substituents is 1. The van der Waals surface area contributed by atoms with Crippen molar-refractivity contribution in [3.8, 4) is 0 Å². The number of halogens is 1. The predicted molar refractivity (Wildman–Crippen MR) is 103 cm³/mol. The molecule has 0 aliphatic heterocycles. The molecule has 0 atom stereocenters. The van der Waals surface area contributed by atoms with Gasteiger partial charge in [-0.3, -0.25) is 19.7 Å². The summed E-state index contributed by atoms with van der Waals surface area (Å²) >= 11 is 7.25. The maximum Gasteiger partial charge on any atom is 0.270 e. The average Bonchev–Trinajstić information content (AvgIpc) is 3.15. The van der Waals surface area contributed by atoms with Crippen molar-refractivity contribution in [2.45, 2.75) is 6.54 Å². The number of amides is 1. The summed E-state index contributed by atoms with van der Waals surface area (Å²) in [5, 5.41) is 13.6. The Hall–Kier alpha value is -3.03. The number of hydrogen-bond acceptors (Lipinski definition) is 5. The highest BCUT2D eigenvalue weighted by molar-refractivity contribution is 7.14. The van der Waals surface area contributed by atoms with E-state index in [1.165, 1.54) is 23.5 Å². The number of nitrogens with zero attached hydrogens (tertiary/aromatic N) is 1. The molecule has 27 heavy (non-hydrogen) atoms. The van der Waals surface area contributed by atoms with E-state index in [2.05, 4.69) is 5.32 Å². The maximum atomic E-state index is 12.4. The van der Waals surface area contributed by atoms with E-state index in [-0.39, 0.29) is 28.6 Å². The topological polar surface area (TPSA) is 89.3 Å². The summed E-state index contributed by atoms with van der Waals surface area (Å²) in [5.74, 6) is -0.604. The van der Waals surface area contributed by atoms with Crippen molar-refractivity contribution in [3.05, 3.63) is 96.7 Å². The fourth-order valence-electron chi connectivity index (χ4n) is 2.39. The smallest absolute Gasteiger partial charge is 0.270 e. The van der Waals surface area contributed by atoms with Gasteiger partial charge in [0.1, 0.15) is 0 Å². The van der Waals surface area contributed by atoms with Gasteiger partial charge < -0.3 is 5.32 Å². The highest BCUT2D eigenvalue weighted by Gasteiger charge is 2.16. The van der Waals surface area contributed by atoms with Crippen LogP contribution in [0.15, 0.2) is 60.7 Å². The molecule has 0 aliphatic rings. The quantitative estimate of drug-likeness (QED) is 0.375. The lowest BCUT2D eigenvalue weighted by molar-refractivity contribution is -0.384. The molecule has 0 saturated heterocycles. The predicted octanol–water partition coefficient (Wildman–Crippen LogP) is 4.47. The van der Waals surface area contributed by atoms with E-state index in [4.69, 9.17) is 11.6 Å². The lowest BCUT2D eigenvalue weighted by Crippen LogP contribution is -2.22. The molecule has 2 aromatic carbocycles. The van der Waals surface area contributed by atoms with Crippen LogP contribution in [-0.4, -0.2) is 16.6 Å². The second-order valence-corrected chi connectivity index (χ2v) is 7.14. The third-order valence-electron chi connectivity index (χ3n) is 3.75. The molecule has 0 unspecified atom stereocenters. The third-order valence-corrected chi connectivity index (χ3v) is 5.16. The van der Waals surface area contributed by atoms with E-state index in [9.17, 15) is 19.7 Å². The SMILES string of the molecule is O=C(c1ccccc1)c1ccc(CNC(=O)c2cc([N+](=O)[O-])ccc2Cl)s1. The number of carbonyl (C=O) groups is 2. The van der Waals surface area contributed by atoms with Gasteiger partial charge in [-0.25, -0.2) is 0 Å². The lowest BCUT2D eigenvalue weighted by atomic mass is 10.1. The number of carbonyl (C=O) groups excluding carboxylic acids is 2. The first kappa shape index (κ1) is 18.8. The van der Waals surface area contributed by atoms with Crippen LogP contribution in [0.25, 0.3) is 0 Å². The van der Waals surface area contributed by atoms with Crippen LogP contribution < -0.4 is 5.32 Å². The van der Waals surface area contributed by atoms with Crippen molar-refractivity contribution < 1.29 is 14.5 Å². The van der Waals surface area contributed by atoms with Gasteiger partial charge in [0, 0.05) is 22.6 Å². The van der Waals surface area contributed by atoms with Gasteiger partial charge in [-0.05, 0) is 18.2 Å². The van der Waals surface area contributed by atoms with Crippen LogP contribution in [0.1, 0.15) is 30.5 Å². The van der Waals surface area contributed by atoms with E-state index in [0.29, 0.717) is 10.4 Å². The van der Waals surface area contributed by atoms with Crippen LogP contribution in [0.4, 0.5) is 5.69 Å². The van der Waals surface area contributed by atoms with Crippen molar-refractivity contribution in [2.24, 2.45) is 0 Å². The number of non-ortho nitro benzene ring substituents is 1. The number of benzene rings is 2. The monoisotopic (exact) mass is 400 g/mol. The fraction of sp³-hybridized carbons (Fsp3) is 0.0526. The third kappa shape index (κ3) is 4.39. The minimum atomic E-state index is -0.589. The molecule has 0 fully saturated rings. The molecule has 8 heteroatoms. The van der Waals surface area contributed by atoms with Crippen molar-refractivity contribution in [2.75, 3.05) is 0 Å². The summed E-state index contributed by atoms with van der Waals surface area (Å²) in [7, 11) is 0. The Morgan fingerprint density at radius 1 is 1.07 bits per heavy atom. The van der Waals surface area contributed by atoms with Gasteiger partial charge in [0.25, 0.3) is 11.6 Å². The molecular formula is C19H13ClN2O4S. The van der Waals surface area contributed by atoms with E-state index in [1.807, 2.05) is 6.07 Å². The van der Waals surface area contributed by atoms with Gasteiger partial charge in [-0.2, -0.15) is 0 Å². The molecule has 0 bridgehead atoms. The van der Waals surface area contributed by atoms with Crippen LogP contribution in [0.3, 0.4) is 0 Å². The molecule has 1 aromatic heterocycles. The molecule has 1 amide bonds. The Balaban J connectivity index is 1.68. The van der Waals surface area contributed by atoms with Gasteiger partial charge in [0.05, 0.1) is 26.9 Å². The second kappa shape index (κ2) is 8.11. The maximum absolute atomic E-state index is 12.4. The zero-order chi connectivity index (χ0) is 19.4. The Kier molecular flexibility index (Phi) is 5.63. The normalized spacial score (nSPS) is 10.4. The Morgan fingerprint density at radius 2 is 1.81 bits per heavy atom. The molecule has 0 aliphatic carbocycles. The Labute approximate surface area is 163 Å². The molecule has 3 aromatic rings. The molecule has 6 nitrogen and oxygen atoms in total. The first-order valence-electron chi connectivity index (χ1n) is 7.86. The van der Waals surface area contributed by atoms with Gasteiger partial charge in [-0.15, -0.1) is 11.3 Å². The Morgan fingerprint density at radius 3 is 2.52 bits per heavy atom. The van der Waals surface area contributed by atoms with Gasteiger partial charge in [0.2, 0.25) is 5.78 Å². The van der Waals surface area contributed by atoms with Crippen molar-refractivity contribution in [1.82, 2.24) is 5.32 Å². The largest absolute Gasteiger partial charge is 0.347 e. The summed E-state index contributed by atoms with van der Waals surface area (Å²) in [6, 6.07) is 16.1. The summed E-state index contributed by atoms with van der Waals surface area (Å²) in [5.41, 5.74) is 0.415. The van der Waals surface area contributed by atoms with Crippen LogP contribution in [0.2, 0.25) is 5.02 Å². The zero-order valence-corrected chi connectivity index (χ0v) is 15.4. The molecule has 3 rings (SSSR count). The van der Waals surface area contributed by atoms with Crippen LogP contribution in [0, 0.1) is 10.1 Å². The molecule has 0 spiro atoms. The first-order valence-corrected chi connectivity index (χ1v) is 9.06. The van der Waals surface area contributed by atoms with Gasteiger partial charge in [0.15, 0.2) is 0 Å². The van der Waals surface area contributed by atoms with E-state index >= 15 is 0 Å². The number of nitrogens with one attached hydrogen (secondary N) is 1. The first-order chi connectivity index (χ1) is 13.0. The van der Waals surface area contributed by atoms with Gasteiger partial charge in [-0.1, -0.05) is 41.9 Å². The number of ketones is 1. The highest BCUT2D eigenvalue weighted by atomic mass is 35.5. The van der Waals surface area contributed by atoms with E-state index < -0.39 is 10.8 Å². The number of hydrogen-bond donors (Lipinski definition) is 1. The minimum Gasteiger partial charge on any atom is -0.347 e. The average molecular weight is 401 g/mol. The second-order valence-electron chi connectivity index (χ2n) is 5.57. The number of rotatable bonds is 6. The molecule has 1 heterocycles. The molecule has 136 valence electrons. The summed E-state index contributed by atoms with van der Waals surface area (Å²) in [4.78, 5) is 36.3. The van der Waals surface area contributed by atoms with Crippen molar-refractivity contribution >= 4 is 40.3 Å². The van der Waals surface area contributed by atoms with Crippen LogP contribution >= 0.6 is 22.9 Å². The lowest BCUT2D eigenvalue weighted by Gasteiger charge is -2.05. The van der Waals surface area contributed by atoms with E-state index in [1.54, 1.807) is 36.4 Å². The standard InChI is InChI=1S/C19H13ClN2O4S/c20-16-8-6-13(22(25)26)10-15(16)19(24)21-11-14-7-9-17(27-14)18(23)12-4-2-1-3-5-12/h1-10H,11H2,(H,21,24). The Bertz CT molecular complexity index is 1020. The summed E-state index contributed by atoms with van der Waals surface area (Å²) in [6.45, 7) is 0.185. The van der Waals surface area contributed by atoms with Gasteiger partial charge >= 0.3 is 0 Å². The van der Waals surface area contributed by atoms with Crippen LogP contribution in [0.5, 0.6) is 0 Å². The summed E-state index contributed by atoms with van der Waals surface area (Å²) < 4.78 is 0. The molecule has 0 saturated carbocycles. The zero-order valence-electron chi connectivity index (χ0n) is 13.8. The molecule has 1 N–H and O–H groups in total. The van der Waals surface area contributed by atoms with Crippen LogP contribution in [-0.2, 0) is 6.54 Å². The highest BCUT2D eigenvalue weighted by Crippen LogP contribution is 2.23. The molecule has 0 radical (unpaired) electrons. The number of thiophene rings is 1. The number of nitro groups is 1. The van der Waals surface area contributed by atoms with E-state index in [0.717, 1.165) is 10.9 Å². The fourth-order valence-corrected chi connectivity index (χ4v) is 3.50. The minimum absolute atomic E-state index is 0.0306. The van der Waals surface area contributed by atoms with Crippen molar-refractivity contribution in [3.63, 3.8) is 0 Å². The molecular weight excluding hydrogens is 388 g/mol.